The highest BCUT2D eigenvalue weighted by Crippen LogP contribution is 2.28. The van der Waals surface area contributed by atoms with Crippen LogP contribution in [0.3, 0.4) is 0 Å². The topological polar surface area (TPSA) is 17.1 Å². The van der Waals surface area contributed by atoms with Gasteiger partial charge in [-0.1, -0.05) is 42.5 Å². The lowest BCUT2D eigenvalue weighted by Gasteiger charge is -2.06. The Morgan fingerprint density at radius 2 is 2.00 bits per heavy atom. The maximum absolute atomic E-state index is 11.6. The summed E-state index contributed by atoms with van der Waals surface area (Å²) >= 11 is 3.59. The van der Waals surface area contributed by atoms with Gasteiger partial charge in [0.2, 0.25) is 0 Å². The molecule has 0 radical (unpaired) electrons. The van der Waals surface area contributed by atoms with E-state index in [1.807, 2.05) is 25.1 Å². The van der Waals surface area contributed by atoms with Crippen LogP contribution in [0.1, 0.15) is 12.5 Å². The Morgan fingerprint density at radius 1 is 1.24 bits per heavy atom. The van der Waals surface area contributed by atoms with E-state index in [9.17, 15) is 4.79 Å². The molecule has 2 aromatic carbocycles. The number of rotatable bonds is 3. The lowest BCUT2D eigenvalue weighted by Crippen LogP contribution is -1.99. The number of allylic oxidation sites excluding steroid dienone is 2. The van der Waals surface area contributed by atoms with Gasteiger partial charge in [-0.3, -0.25) is 4.79 Å². The van der Waals surface area contributed by atoms with Gasteiger partial charge in [0.1, 0.15) is 0 Å². The predicted molar refractivity (Wildman–Crippen MR) is 75.2 cm³/mol. The van der Waals surface area contributed by atoms with Crippen LogP contribution in [0.4, 0.5) is 0 Å². The second-order valence-corrected chi connectivity index (χ2v) is 4.70. The highest BCUT2D eigenvalue weighted by atomic mass is 79.9. The van der Waals surface area contributed by atoms with Gasteiger partial charge in [-0.25, -0.2) is 0 Å². The average Bonchev–Trinajstić information content (AvgIpc) is 2.33. The van der Waals surface area contributed by atoms with E-state index in [1.54, 1.807) is 12.2 Å². The number of carbonyl (C=O) groups is 1. The van der Waals surface area contributed by atoms with Crippen molar-refractivity contribution in [2.75, 3.05) is 0 Å². The highest BCUT2D eigenvalue weighted by Gasteiger charge is 2.07. The molecule has 17 heavy (non-hydrogen) atoms. The van der Waals surface area contributed by atoms with E-state index < -0.39 is 0 Å². The molecule has 0 aliphatic carbocycles. The van der Waals surface area contributed by atoms with Crippen molar-refractivity contribution in [1.82, 2.24) is 0 Å². The van der Waals surface area contributed by atoms with Gasteiger partial charge in [0.05, 0.1) is 0 Å². The number of hydrogen-bond donors (Lipinski definition) is 0. The van der Waals surface area contributed by atoms with Gasteiger partial charge in [-0.2, -0.15) is 0 Å². The largest absolute Gasteiger partial charge is 0.294 e. The maximum atomic E-state index is 11.6. The Hall–Kier alpha value is -1.41. The van der Waals surface area contributed by atoms with E-state index in [0.717, 1.165) is 15.4 Å². The average molecular weight is 289 g/mol. The van der Waals surface area contributed by atoms with Gasteiger partial charge in [0, 0.05) is 10.9 Å². The van der Waals surface area contributed by atoms with Crippen LogP contribution in [-0.2, 0) is 11.2 Å². The number of halogens is 1. The molecule has 0 amide bonds. The van der Waals surface area contributed by atoms with E-state index in [2.05, 4.69) is 34.1 Å². The minimum Gasteiger partial charge on any atom is -0.294 e. The lowest BCUT2D eigenvalue weighted by atomic mass is 10.0. The predicted octanol–water partition coefficient (Wildman–Crippen LogP) is 4.29. The molecule has 0 aliphatic heterocycles. The minimum absolute atomic E-state index is 0.128. The molecule has 1 nitrogen and oxygen atoms in total. The minimum atomic E-state index is 0.128. The number of benzene rings is 2. The molecule has 0 spiro atoms. The van der Waals surface area contributed by atoms with Gasteiger partial charge in [0.25, 0.3) is 0 Å². The molecule has 0 aromatic heterocycles. The molecule has 86 valence electrons. The van der Waals surface area contributed by atoms with Crippen molar-refractivity contribution < 1.29 is 4.79 Å². The van der Waals surface area contributed by atoms with E-state index in [0.29, 0.717) is 6.42 Å². The number of hydrogen-bond acceptors (Lipinski definition) is 1. The summed E-state index contributed by atoms with van der Waals surface area (Å²) < 4.78 is 1.02. The molecule has 0 saturated carbocycles. The third-order valence-electron chi connectivity index (χ3n) is 2.66. The summed E-state index contributed by atoms with van der Waals surface area (Å²) in [5.41, 5.74) is 1.03. The first kappa shape index (κ1) is 12.1. The Kier molecular flexibility index (Phi) is 3.75. The van der Waals surface area contributed by atoms with Crippen LogP contribution in [0, 0.1) is 0 Å². The smallest absolute Gasteiger partial charge is 0.159 e. The van der Waals surface area contributed by atoms with Gasteiger partial charge in [-0.15, -0.1) is 0 Å². The van der Waals surface area contributed by atoms with E-state index in [-0.39, 0.29) is 5.78 Å². The Balaban J connectivity index is 2.42. The fraction of sp³-hybridized carbons (Fsp3) is 0.133. The summed E-state index contributed by atoms with van der Waals surface area (Å²) in [6.07, 6.45) is 3.83. The SMILES string of the molecule is C/C=C/C(=O)Cc1ccc2ccccc2c1Br. The molecular weight excluding hydrogens is 276 g/mol. The first-order chi connectivity index (χ1) is 8.22. The molecule has 0 heterocycles. The molecule has 0 saturated heterocycles. The Bertz CT molecular complexity index is 584. The molecule has 0 atom stereocenters. The van der Waals surface area contributed by atoms with Crippen LogP contribution in [0.15, 0.2) is 53.0 Å². The second-order valence-electron chi connectivity index (χ2n) is 3.90. The summed E-state index contributed by atoms with van der Waals surface area (Å²) in [5.74, 6) is 0.128. The third kappa shape index (κ3) is 2.64. The van der Waals surface area contributed by atoms with Gasteiger partial charge < -0.3 is 0 Å². The van der Waals surface area contributed by atoms with Crippen LogP contribution in [0.2, 0.25) is 0 Å². The fourth-order valence-corrected chi connectivity index (χ4v) is 2.48. The normalized spacial score (nSPS) is 11.2. The molecule has 0 bridgehead atoms. The zero-order valence-corrected chi connectivity index (χ0v) is 11.2. The number of fused-ring (bicyclic) bond motifs is 1. The van der Waals surface area contributed by atoms with E-state index in [1.165, 1.54) is 5.39 Å². The van der Waals surface area contributed by atoms with Crippen molar-refractivity contribution in [3.8, 4) is 0 Å². The van der Waals surface area contributed by atoms with Crippen molar-refractivity contribution in [1.29, 1.82) is 0 Å². The number of ketones is 1. The molecular formula is C15H13BrO. The summed E-state index contributed by atoms with van der Waals surface area (Å²) in [5, 5.41) is 2.33. The molecule has 2 heteroatoms. The van der Waals surface area contributed by atoms with Gasteiger partial charge >= 0.3 is 0 Å². The second kappa shape index (κ2) is 5.28. The van der Waals surface area contributed by atoms with Crippen molar-refractivity contribution in [2.24, 2.45) is 0 Å². The highest BCUT2D eigenvalue weighted by molar-refractivity contribution is 9.10. The zero-order chi connectivity index (χ0) is 12.3. The summed E-state index contributed by atoms with van der Waals surface area (Å²) in [4.78, 5) is 11.6. The summed E-state index contributed by atoms with van der Waals surface area (Å²) in [7, 11) is 0. The van der Waals surface area contributed by atoms with Crippen molar-refractivity contribution in [2.45, 2.75) is 13.3 Å². The summed E-state index contributed by atoms with van der Waals surface area (Å²) in [6, 6.07) is 12.2. The molecule has 0 unspecified atom stereocenters. The Morgan fingerprint density at radius 3 is 2.76 bits per heavy atom. The molecule has 2 aromatic rings. The van der Waals surface area contributed by atoms with Crippen molar-refractivity contribution in [3.63, 3.8) is 0 Å². The molecule has 2 rings (SSSR count). The van der Waals surface area contributed by atoms with Crippen LogP contribution in [0.5, 0.6) is 0 Å². The first-order valence-corrected chi connectivity index (χ1v) is 6.33. The fourth-order valence-electron chi connectivity index (χ4n) is 1.85. The first-order valence-electron chi connectivity index (χ1n) is 5.54. The van der Waals surface area contributed by atoms with E-state index in [4.69, 9.17) is 0 Å². The lowest BCUT2D eigenvalue weighted by molar-refractivity contribution is -0.114. The number of carbonyl (C=O) groups excluding carboxylic acids is 1. The maximum Gasteiger partial charge on any atom is 0.159 e. The molecule has 0 N–H and O–H groups in total. The molecule has 0 fully saturated rings. The van der Waals surface area contributed by atoms with Crippen molar-refractivity contribution in [3.05, 3.63) is 58.6 Å². The monoisotopic (exact) mass is 288 g/mol. The van der Waals surface area contributed by atoms with E-state index >= 15 is 0 Å². The third-order valence-corrected chi connectivity index (χ3v) is 3.60. The standard InChI is InChI=1S/C15H13BrO/c1-2-5-13(17)10-12-9-8-11-6-3-4-7-14(11)15(12)16/h2-9H,10H2,1H3/b5-2+. The van der Waals surface area contributed by atoms with Crippen LogP contribution in [0.25, 0.3) is 10.8 Å². The van der Waals surface area contributed by atoms with Gasteiger partial charge in [0.15, 0.2) is 5.78 Å². The van der Waals surface area contributed by atoms with Crippen LogP contribution < -0.4 is 0 Å². The summed E-state index contributed by atoms with van der Waals surface area (Å²) in [6.45, 7) is 1.85. The van der Waals surface area contributed by atoms with Gasteiger partial charge in [-0.05, 0) is 45.3 Å². The Labute approximate surface area is 109 Å². The van der Waals surface area contributed by atoms with Crippen LogP contribution >= 0.6 is 15.9 Å². The molecule has 0 aliphatic rings. The van der Waals surface area contributed by atoms with Crippen LogP contribution in [-0.4, -0.2) is 5.78 Å². The zero-order valence-electron chi connectivity index (χ0n) is 9.61. The van der Waals surface area contributed by atoms with Crippen molar-refractivity contribution >= 4 is 32.5 Å². The quantitative estimate of drug-likeness (QED) is 0.770.